The Morgan fingerprint density at radius 2 is 2.38 bits per heavy atom. The molecule has 6 nitrogen and oxygen atoms in total. The Bertz CT molecular complexity index is 464. The van der Waals surface area contributed by atoms with Gasteiger partial charge in [0.15, 0.2) is 0 Å². The maximum atomic E-state index is 11.5. The Balaban J connectivity index is 2.29. The second-order valence-electron chi connectivity index (χ2n) is 3.84. The summed E-state index contributed by atoms with van der Waals surface area (Å²) in [5, 5.41) is 8.90. The standard InChI is InChI=1S/C10H14N2O4/c13-5-2-7-3-6-16-9(7)12-4-1-8(14)11-10(12)15/h1,4,7,9,13H,2-3,5-6H2,(H,11,14,15). The topological polar surface area (TPSA) is 84.3 Å². The number of hydrogen-bond donors (Lipinski definition) is 2. The predicted molar refractivity (Wildman–Crippen MR) is 56.1 cm³/mol. The minimum atomic E-state index is -0.470. The lowest BCUT2D eigenvalue weighted by atomic mass is 10.0. The minimum Gasteiger partial charge on any atom is -0.396 e. The molecule has 0 saturated carbocycles. The fourth-order valence-electron chi connectivity index (χ4n) is 2.01. The van der Waals surface area contributed by atoms with E-state index in [0.717, 1.165) is 6.42 Å². The molecule has 0 bridgehead atoms. The molecule has 0 radical (unpaired) electrons. The number of aliphatic hydroxyl groups is 1. The monoisotopic (exact) mass is 226 g/mol. The first-order valence-electron chi connectivity index (χ1n) is 5.26. The highest BCUT2D eigenvalue weighted by Crippen LogP contribution is 2.30. The van der Waals surface area contributed by atoms with Gasteiger partial charge >= 0.3 is 5.69 Å². The largest absolute Gasteiger partial charge is 0.396 e. The molecule has 1 aromatic rings. The molecule has 2 N–H and O–H groups in total. The van der Waals surface area contributed by atoms with Crippen molar-refractivity contribution in [2.24, 2.45) is 5.92 Å². The first-order chi connectivity index (χ1) is 7.72. The molecule has 2 unspecified atom stereocenters. The summed E-state index contributed by atoms with van der Waals surface area (Å²) in [5.41, 5.74) is -0.889. The van der Waals surface area contributed by atoms with Gasteiger partial charge in [-0.15, -0.1) is 0 Å². The summed E-state index contributed by atoms with van der Waals surface area (Å²) in [7, 11) is 0. The lowest BCUT2D eigenvalue weighted by Gasteiger charge is -2.19. The number of aliphatic hydroxyl groups excluding tert-OH is 1. The highest BCUT2D eigenvalue weighted by molar-refractivity contribution is 4.86. The Hall–Kier alpha value is -1.40. The van der Waals surface area contributed by atoms with E-state index >= 15 is 0 Å². The molecule has 2 rings (SSSR count). The van der Waals surface area contributed by atoms with Gasteiger partial charge in [-0.1, -0.05) is 0 Å². The highest BCUT2D eigenvalue weighted by Gasteiger charge is 2.29. The third kappa shape index (κ3) is 2.07. The molecule has 2 atom stereocenters. The number of nitrogens with one attached hydrogen (secondary N) is 1. The molecule has 1 saturated heterocycles. The summed E-state index contributed by atoms with van der Waals surface area (Å²) < 4.78 is 6.82. The Morgan fingerprint density at radius 1 is 1.56 bits per heavy atom. The van der Waals surface area contributed by atoms with Crippen LogP contribution in [0.1, 0.15) is 19.1 Å². The fourth-order valence-corrected chi connectivity index (χ4v) is 2.01. The average molecular weight is 226 g/mol. The van der Waals surface area contributed by atoms with Crippen molar-refractivity contribution in [2.75, 3.05) is 13.2 Å². The van der Waals surface area contributed by atoms with Gasteiger partial charge in [-0.2, -0.15) is 0 Å². The summed E-state index contributed by atoms with van der Waals surface area (Å²) in [6, 6.07) is 1.29. The van der Waals surface area contributed by atoms with Gasteiger partial charge < -0.3 is 9.84 Å². The van der Waals surface area contributed by atoms with Gasteiger partial charge in [-0.3, -0.25) is 14.3 Å². The van der Waals surface area contributed by atoms with Crippen LogP contribution in [0.4, 0.5) is 0 Å². The Labute approximate surface area is 91.5 Å². The van der Waals surface area contributed by atoms with Crippen molar-refractivity contribution in [2.45, 2.75) is 19.1 Å². The predicted octanol–water partition coefficient (Wildman–Crippen LogP) is -0.546. The van der Waals surface area contributed by atoms with Crippen LogP contribution in [0.3, 0.4) is 0 Å². The van der Waals surface area contributed by atoms with Crippen LogP contribution in [-0.2, 0) is 4.74 Å². The fraction of sp³-hybridized carbons (Fsp3) is 0.600. The quantitative estimate of drug-likeness (QED) is 0.724. The normalized spacial score (nSPS) is 24.8. The smallest absolute Gasteiger partial charge is 0.330 e. The van der Waals surface area contributed by atoms with Crippen LogP contribution in [0.25, 0.3) is 0 Å². The van der Waals surface area contributed by atoms with Crippen LogP contribution in [-0.4, -0.2) is 27.9 Å². The van der Waals surface area contributed by atoms with Crippen LogP contribution in [0.2, 0.25) is 0 Å². The Kier molecular flexibility index (Phi) is 3.21. The molecule has 6 heteroatoms. The number of nitrogens with zero attached hydrogens (tertiary/aromatic N) is 1. The van der Waals surface area contributed by atoms with Crippen LogP contribution in [0.15, 0.2) is 21.9 Å². The van der Waals surface area contributed by atoms with Gasteiger partial charge in [0.1, 0.15) is 6.23 Å². The van der Waals surface area contributed by atoms with Crippen molar-refractivity contribution >= 4 is 0 Å². The van der Waals surface area contributed by atoms with Gasteiger partial charge in [0.2, 0.25) is 0 Å². The number of aromatic amines is 1. The molecular formula is C10H14N2O4. The van der Waals surface area contributed by atoms with Crippen molar-refractivity contribution in [3.05, 3.63) is 33.1 Å². The number of ether oxygens (including phenoxy) is 1. The summed E-state index contributed by atoms with van der Waals surface area (Å²) in [6.07, 6.45) is 2.46. The minimum absolute atomic E-state index is 0.0721. The molecular weight excluding hydrogens is 212 g/mol. The summed E-state index contributed by atoms with van der Waals surface area (Å²) >= 11 is 0. The second-order valence-corrected chi connectivity index (χ2v) is 3.84. The zero-order valence-electron chi connectivity index (χ0n) is 8.76. The van der Waals surface area contributed by atoms with E-state index in [9.17, 15) is 9.59 Å². The van der Waals surface area contributed by atoms with E-state index in [4.69, 9.17) is 9.84 Å². The van der Waals surface area contributed by atoms with Crippen molar-refractivity contribution in [1.29, 1.82) is 0 Å². The van der Waals surface area contributed by atoms with Crippen molar-refractivity contribution < 1.29 is 9.84 Å². The molecule has 1 fully saturated rings. The van der Waals surface area contributed by atoms with Gasteiger partial charge in [0.05, 0.1) is 0 Å². The molecule has 1 aliphatic heterocycles. The van der Waals surface area contributed by atoms with Crippen LogP contribution < -0.4 is 11.2 Å². The first-order valence-corrected chi connectivity index (χ1v) is 5.26. The summed E-state index contributed by atoms with van der Waals surface area (Å²) in [6.45, 7) is 0.642. The van der Waals surface area contributed by atoms with E-state index < -0.39 is 11.2 Å². The number of aromatic nitrogens is 2. The molecule has 0 spiro atoms. The van der Waals surface area contributed by atoms with Crippen LogP contribution in [0.5, 0.6) is 0 Å². The molecule has 1 aliphatic rings. The van der Waals surface area contributed by atoms with E-state index in [2.05, 4.69) is 4.98 Å². The van der Waals surface area contributed by atoms with Crippen molar-refractivity contribution in [3.63, 3.8) is 0 Å². The lowest BCUT2D eigenvalue weighted by molar-refractivity contribution is 0.0229. The zero-order valence-corrected chi connectivity index (χ0v) is 8.76. The highest BCUT2D eigenvalue weighted by atomic mass is 16.5. The van der Waals surface area contributed by atoms with E-state index in [-0.39, 0.29) is 18.8 Å². The third-order valence-electron chi connectivity index (χ3n) is 2.81. The molecule has 0 aromatic carbocycles. The molecule has 2 heterocycles. The number of H-pyrrole nitrogens is 1. The van der Waals surface area contributed by atoms with Gasteiger partial charge in [-0.05, 0) is 12.8 Å². The lowest BCUT2D eigenvalue weighted by Crippen LogP contribution is -2.33. The molecule has 1 aromatic heterocycles. The molecule has 0 amide bonds. The Morgan fingerprint density at radius 3 is 3.06 bits per heavy atom. The third-order valence-corrected chi connectivity index (χ3v) is 2.81. The van der Waals surface area contributed by atoms with E-state index in [1.54, 1.807) is 0 Å². The maximum absolute atomic E-state index is 11.5. The second kappa shape index (κ2) is 4.63. The SMILES string of the molecule is O=c1ccn(C2OCCC2CCO)c(=O)[nH]1. The molecule has 16 heavy (non-hydrogen) atoms. The zero-order chi connectivity index (χ0) is 11.5. The maximum Gasteiger partial charge on any atom is 0.330 e. The summed E-state index contributed by atoms with van der Waals surface area (Å²) in [5.74, 6) is 0.119. The number of hydrogen-bond acceptors (Lipinski definition) is 4. The van der Waals surface area contributed by atoms with Crippen LogP contribution >= 0.6 is 0 Å². The van der Waals surface area contributed by atoms with Crippen molar-refractivity contribution in [3.8, 4) is 0 Å². The van der Waals surface area contributed by atoms with E-state index in [1.807, 2.05) is 0 Å². The van der Waals surface area contributed by atoms with E-state index in [1.165, 1.54) is 16.8 Å². The summed E-state index contributed by atoms with van der Waals surface area (Å²) in [4.78, 5) is 24.6. The molecule has 88 valence electrons. The first kappa shape index (κ1) is 11.1. The van der Waals surface area contributed by atoms with Gasteiger partial charge in [0.25, 0.3) is 5.56 Å². The van der Waals surface area contributed by atoms with Gasteiger partial charge in [0, 0.05) is 31.4 Å². The molecule has 0 aliphatic carbocycles. The van der Waals surface area contributed by atoms with E-state index in [0.29, 0.717) is 13.0 Å². The van der Waals surface area contributed by atoms with Gasteiger partial charge in [-0.25, -0.2) is 4.79 Å². The number of rotatable bonds is 3. The van der Waals surface area contributed by atoms with Crippen molar-refractivity contribution in [1.82, 2.24) is 9.55 Å². The average Bonchev–Trinajstić information content (AvgIpc) is 2.67. The van der Waals surface area contributed by atoms with Crippen LogP contribution in [0, 0.1) is 5.92 Å².